The molecule has 3 N–H and O–H groups in total. The highest BCUT2D eigenvalue weighted by atomic mass is 15.3. The molecule has 0 aliphatic carbocycles. The Bertz CT molecular complexity index is 408. The fourth-order valence-corrected chi connectivity index (χ4v) is 2.62. The van der Waals surface area contributed by atoms with Gasteiger partial charge in [0.05, 0.1) is 0 Å². The van der Waals surface area contributed by atoms with Crippen LogP contribution in [0.1, 0.15) is 12.0 Å². The van der Waals surface area contributed by atoms with Crippen molar-refractivity contribution in [3.8, 4) is 0 Å². The van der Waals surface area contributed by atoms with Crippen molar-refractivity contribution in [2.45, 2.75) is 13.3 Å². The van der Waals surface area contributed by atoms with Crippen molar-refractivity contribution in [1.82, 2.24) is 14.9 Å². The minimum Gasteiger partial charge on any atom is -0.359 e. The molecule has 1 aliphatic rings. The van der Waals surface area contributed by atoms with E-state index in [2.05, 4.69) is 39.3 Å². The fourth-order valence-electron chi connectivity index (χ4n) is 2.62. The summed E-state index contributed by atoms with van der Waals surface area (Å²) in [4.78, 5) is 13.0. The van der Waals surface area contributed by atoms with Crippen LogP contribution in [-0.4, -0.2) is 48.6 Å². The summed E-state index contributed by atoms with van der Waals surface area (Å²) >= 11 is 0. The molecule has 0 radical (unpaired) electrons. The smallest absolute Gasteiger partial charge is 0.148 e. The van der Waals surface area contributed by atoms with Crippen molar-refractivity contribution in [3.63, 3.8) is 0 Å². The van der Waals surface area contributed by atoms with E-state index in [-0.39, 0.29) is 0 Å². The van der Waals surface area contributed by atoms with Crippen LogP contribution in [0, 0.1) is 12.8 Å². The van der Waals surface area contributed by atoms with Crippen molar-refractivity contribution >= 4 is 11.6 Å². The molecule has 2 rings (SSSR count). The molecule has 18 heavy (non-hydrogen) atoms. The Hall–Kier alpha value is -1.40. The monoisotopic (exact) mass is 250 g/mol. The van der Waals surface area contributed by atoms with E-state index in [1.165, 1.54) is 13.0 Å². The predicted octanol–water partition coefficient (Wildman–Crippen LogP) is 0.459. The van der Waals surface area contributed by atoms with E-state index >= 15 is 0 Å². The van der Waals surface area contributed by atoms with Gasteiger partial charge in [-0.05, 0) is 32.9 Å². The van der Waals surface area contributed by atoms with Crippen molar-refractivity contribution < 1.29 is 0 Å². The van der Waals surface area contributed by atoms with Gasteiger partial charge in [-0.25, -0.2) is 15.8 Å². The summed E-state index contributed by atoms with van der Waals surface area (Å²) in [7, 11) is 4.25. The van der Waals surface area contributed by atoms with Gasteiger partial charge in [0.25, 0.3) is 0 Å². The zero-order valence-electron chi connectivity index (χ0n) is 11.3. The Morgan fingerprint density at radius 1 is 1.56 bits per heavy atom. The number of nitrogen functional groups attached to an aromatic ring is 1. The molecule has 1 aliphatic heterocycles. The first kappa shape index (κ1) is 13.0. The maximum Gasteiger partial charge on any atom is 0.148 e. The van der Waals surface area contributed by atoms with E-state index in [0.29, 0.717) is 11.7 Å². The van der Waals surface area contributed by atoms with E-state index in [1.54, 1.807) is 6.33 Å². The minimum absolute atomic E-state index is 0.690. The van der Waals surface area contributed by atoms with Crippen LogP contribution >= 0.6 is 0 Å². The van der Waals surface area contributed by atoms with Crippen LogP contribution in [0.2, 0.25) is 0 Å². The summed E-state index contributed by atoms with van der Waals surface area (Å²) in [6.45, 7) is 5.36. The summed E-state index contributed by atoms with van der Waals surface area (Å²) in [6, 6.07) is 0. The normalized spacial score (nSPS) is 20.1. The molecule has 0 saturated carbocycles. The Labute approximate surface area is 108 Å². The molecule has 2 heterocycles. The van der Waals surface area contributed by atoms with Crippen LogP contribution < -0.4 is 16.2 Å². The number of nitrogens with two attached hydrogens (primary N) is 1. The van der Waals surface area contributed by atoms with E-state index in [1.807, 2.05) is 6.92 Å². The quantitative estimate of drug-likeness (QED) is 0.597. The highest BCUT2D eigenvalue weighted by molar-refractivity contribution is 5.56. The molecule has 0 aromatic carbocycles. The van der Waals surface area contributed by atoms with Gasteiger partial charge in [0.15, 0.2) is 0 Å². The lowest BCUT2D eigenvalue weighted by molar-refractivity contribution is 0.395. The average molecular weight is 250 g/mol. The third-order valence-corrected chi connectivity index (χ3v) is 3.58. The largest absolute Gasteiger partial charge is 0.359 e. The third kappa shape index (κ3) is 2.70. The van der Waals surface area contributed by atoms with Gasteiger partial charge in [-0.3, -0.25) is 0 Å². The second kappa shape index (κ2) is 5.49. The van der Waals surface area contributed by atoms with Gasteiger partial charge in [-0.15, -0.1) is 0 Å². The second-order valence-electron chi connectivity index (χ2n) is 5.11. The van der Waals surface area contributed by atoms with Gasteiger partial charge < -0.3 is 15.2 Å². The van der Waals surface area contributed by atoms with Crippen molar-refractivity contribution in [1.29, 1.82) is 0 Å². The molecular weight excluding hydrogens is 228 g/mol. The fraction of sp³-hybridized carbons (Fsp3) is 0.667. The Morgan fingerprint density at radius 3 is 2.94 bits per heavy atom. The molecule has 6 heteroatoms. The maximum atomic E-state index is 5.44. The molecule has 1 atom stereocenters. The van der Waals surface area contributed by atoms with Gasteiger partial charge in [-0.1, -0.05) is 0 Å². The first-order valence-electron chi connectivity index (χ1n) is 6.29. The number of nitrogens with one attached hydrogen (secondary N) is 1. The predicted molar refractivity (Wildman–Crippen MR) is 73.5 cm³/mol. The number of rotatable bonds is 4. The number of likely N-dealkylation sites (tertiary alicyclic amines) is 1. The highest BCUT2D eigenvalue weighted by Gasteiger charge is 2.22. The first-order chi connectivity index (χ1) is 8.61. The first-order valence-corrected chi connectivity index (χ1v) is 6.29. The third-order valence-electron chi connectivity index (χ3n) is 3.58. The number of hydrogen-bond acceptors (Lipinski definition) is 6. The van der Waals surface area contributed by atoms with Crippen LogP contribution in [0.3, 0.4) is 0 Å². The van der Waals surface area contributed by atoms with Crippen LogP contribution in [-0.2, 0) is 0 Å². The van der Waals surface area contributed by atoms with Gasteiger partial charge >= 0.3 is 0 Å². The van der Waals surface area contributed by atoms with Crippen molar-refractivity contribution in [2.75, 3.05) is 44.1 Å². The Morgan fingerprint density at radius 2 is 2.33 bits per heavy atom. The Balaban J connectivity index is 2.06. The van der Waals surface area contributed by atoms with E-state index < -0.39 is 0 Å². The van der Waals surface area contributed by atoms with Gasteiger partial charge in [0, 0.05) is 25.7 Å². The van der Waals surface area contributed by atoms with Crippen LogP contribution in [0.15, 0.2) is 6.33 Å². The number of hydrazine groups is 1. The summed E-state index contributed by atoms with van der Waals surface area (Å²) < 4.78 is 0. The molecule has 1 fully saturated rings. The number of anilines is 2. The highest BCUT2D eigenvalue weighted by Crippen LogP contribution is 2.23. The number of aromatic nitrogens is 2. The SMILES string of the molecule is Cc1c(NN)ncnc1N(C)CC1CCN(C)C1. The topological polar surface area (TPSA) is 70.3 Å². The molecule has 1 unspecified atom stereocenters. The average Bonchev–Trinajstić information content (AvgIpc) is 2.75. The van der Waals surface area contributed by atoms with E-state index in [4.69, 9.17) is 5.84 Å². The van der Waals surface area contributed by atoms with Crippen LogP contribution in [0.4, 0.5) is 11.6 Å². The molecule has 100 valence electrons. The molecule has 1 saturated heterocycles. The molecule has 1 aromatic heterocycles. The van der Waals surface area contributed by atoms with Gasteiger partial charge in [-0.2, -0.15) is 0 Å². The van der Waals surface area contributed by atoms with Crippen LogP contribution in [0.5, 0.6) is 0 Å². The summed E-state index contributed by atoms with van der Waals surface area (Å²) in [5.74, 6) is 7.79. The lowest BCUT2D eigenvalue weighted by Gasteiger charge is -2.24. The molecule has 1 aromatic rings. The second-order valence-corrected chi connectivity index (χ2v) is 5.11. The molecular formula is C12H22N6. The van der Waals surface area contributed by atoms with Crippen molar-refractivity contribution in [2.24, 2.45) is 11.8 Å². The minimum atomic E-state index is 0.690. The molecule has 0 bridgehead atoms. The summed E-state index contributed by atoms with van der Waals surface area (Å²) in [5.41, 5.74) is 3.60. The lowest BCUT2D eigenvalue weighted by Crippen LogP contribution is -2.29. The molecule has 0 spiro atoms. The van der Waals surface area contributed by atoms with E-state index in [0.717, 1.165) is 24.5 Å². The van der Waals surface area contributed by atoms with Crippen LogP contribution in [0.25, 0.3) is 0 Å². The zero-order valence-corrected chi connectivity index (χ0v) is 11.3. The molecule has 0 amide bonds. The van der Waals surface area contributed by atoms with Gasteiger partial charge in [0.1, 0.15) is 18.0 Å². The zero-order chi connectivity index (χ0) is 13.1. The maximum absolute atomic E-state index is 5.44. The lowest BCUT2D eigenvalue weighted by atomic mass is 10.1. The van der Waals surface area contributed by atoms with Crippen molar-refractivity contribution in [3.05, 3.63) is 11.9 Å². The Kier molecular flexibility index (Phi) is 3.98. The number of nitrogens with zero attached hydrogens (tertiary/aromatic N) is 4. The summed E-state index contributed by atoms with van der Waals surface area (Å²) in [6.07, 6.45) is 2.81. The van der Waals surface area contributed by atoms with E-state index in [9.17, 15) is 0 Å². The molecule has 6 nitrogen and oxygen atoms in total. The summed E-state index contributed by atoms with van der Waals surface area (Å²) in [5, 5.41) is 0. The number of hydrogen-bond donors (Lipinski definition) is 2. The van der Waals surface area contributed by atoms with Gasteiger partial charge in [0.2, 0.25) is 0 Å². The standard InChI is InChI=1S/C12H22N6/c1-9-11(16-13)14-8-15-12(9)18(3)7-10-4-5-17(2)6-10/h8,10H,4-7,13H2,1-3H3,(H,14,15,16).